The lowest BCUT2D eigenvalue weighted by atomic mass is 10.3. The van der Waals surface area contributed by atoms with E-state index in [0.29, 0.717) is 0 Å². The van der Waals surface area contributed by atoms with E-state index in [9.17, 15) is 0 Å². The Morgan fingerprint density at radius 1 is 1.50 bits per heavy atom. The topological polar surface area (TPSA) is 4.93 Å². The smallest absolute Gasteiger partial charge is 0.161 e. The fourth-order valence-electron chi connectivity index (χ4n) is 1.11. The van der Waals surface area contributed by atoms with Crippen LogP contribution < -0.4 is 0 Å². The van der Waals surface area contributed by atoms with E-state index in [1.165, 1.54) is 10.2 Å². The van der Waals surface area contributed by atoms with E-state index < -0.39 is 0 Å². The summed E-state index contributed by atoms with van der Waals surface area (Å²) in [6.45, 7) is 0. The molecule has 0 atom stereocenters. The van der Waals surface area contributed by atoms with Crippen molar-refractivity contribution in [3.05, 3.63) is 26.6 Å². The first-order valence-electron chi connectivity index (χ1n) is 3.43. The maximum atomic E-state index is 5.16. The Labute approximate surface area is 87.8 Å². The third-order valence-electron chi connectivity index (χ3n) is 1.75. The number of halogens is 1. The van der Waals surface area contributed by atoms with Crippen LogP contribution in [0.25, 0.3) is 10.2 Å². The summed E-state index contributed by atoms with van der Waals surface area (Å²) in [6.07, 6.45) is 0. The van der Waals surface area contributed by atoms with Crippen molar-refractivity contribution in [3.8, 4) is 0 Å². The summed E-state index contributed by atoms with van der Waals surface area (Å²) in [7, 11) is 2.00. The summed E-state index contributed by atoms with van der Waals surface area (Å²) in [5.74, 6) is 0. The Kier molecular flexibility index (Phi) is 2.06. The van der Waals surface area contributed by atoms with E-state index >= 15 is 0 Å². The van der Waals surface area contributed by atoms with Crippen molar-refractivity contribution in [3.63, 3.8) is 0 Å². The quantitative estimate of drug-likeness (QED) is 0.653. The molecule has 0 radical (unpaired) electrons. The number of benzene rings is 1. The molecule has 0 amide bonds. The highest BCUT2D eigenvalue weighted by atomic mass is 79.9. The Hall–Kier alpha value is -0.190. The lowest BCUT2D eigenvalue weighted by Crippen LogP contribution is -1.84. The summed E-state index contributed by atoms with van der Waals surface area (Å²) in [4.78, 5) is 0. The monoisotopic (exact) mass is 259 g/mol. The molecule has 0 aliphatic heterocycles. The van der Waals surface area contributed by atoms with E-state index in [1.807, 2.05) is 17.7 Å². The molecular formula is C8H6BrNS2. The molecule has 0 fully saturated rings. The van der Waals surface area contributed by atoms with E-state index in [4.69, 9.17) is 12.2 Å². The number of nitrogens with zero attached hydrogens (tertiary/aromatic N) is 1. The number of rotatable bonds is 0. The minimum absolute atomic E-state index is 0.920. The molecule has 2 aromatic rings. The average molecular weight is 260 g/mol. The van der Waals surface area contributed by atoms with Gasteiger partial charge in [0.2, 0.25) is 0 Å². The predicted molar refractivity (Wildman–Crippen MR) is 59.3 cm³/mol. The molecule has 0 aliphatic rings. The van der Waals surface area contributed by atoms with Crippen molar-refractivity contribution in [1.82, 2.24) is 4.57 Å². The molecule has 0 saturated heterocycles. The average Bonchev–Trinajstić information content (AvgIpc) is 2.28. The van der Waals surface area contributed by atoms with Gasteiger partial charge in [0.1, 0.15) is 0 Å². The Balaban J connectivity index is 2.96. The summed E-state index contributed by atoms with van der Waals surface area (Å²) in [5.41, 5.74) is 1.20. The first-order chi connectivity index (χ1) is 5.68. The zero-order valence-electron chi connectivity index (χ0n) is 6.37. The second kappa shape index (κ2) is 2.94. The van der Waals surface area contributed by atoms with Crippen LogP contribution in [0.4, 0.5) is 0 Å². The molecule has 0 saturated carbocycles. The van der Waals surface area contributed by atoms with Gasteiger partial charge in [-0.25, -0.2) is 0 Å². The summed E-state index contributed by atoms with van der Waals surface area (Å²) in [5, 5.41) is 0. The standard InChI is InChI=1S/C8H6BrNS2/c1-10-6-3-2-5(9)4-7(6)12-8(10)11/h2-4H,1H3. The van der Waals surface area contributed by atoms with Crippen LogP contribution in [0.5, 0.6) is 0 Å². The molecule has 0 spiro atoms. The van der Waals surface area contributed by atoms with Gasteiger partial charge < -0.3 is 4.57 Å². The van der Waals surface area contributed by atoms with Gasteiger partial charge in [0.15, 0.2) is 3.95 Å². The minimum Gasteiger partial charge on any atom is -0.326 e. The van der Waals surface area contributed by atoms with Gasteiger partial charge in [-0.3, -0.25) is 0 Å². The van der Waals surface area contributed by atoms with Gasteiger partial charge in [-0.05, 0) is 30.4 Å². The zero-order chi connectivity index (χ0) is 8.72. The molecule has 1 nitrogen and oxygen atoms in total. The van der Waals surface area contributed by atoms with Crippen LogP contribution in [0.2, 0.25) is 0 Å². The van der Waals surface area contributed by atoms with E-state index in [-0.39, 0.29) is 0 Å². The van der Waals surface area contributed by atoms with E-state index in [1.54, 1.807) is 11.3 Å². The number of aryl methyl sites for hydroxylation is 1. The van der Waals surface area contributed by atoms with Gasteiger partial charge in [-0.1, -0.05) is 15.9 Å². The maximum Gasteiger partial charge on any atom is 0.161 e. The summed E-state index contributed by atoms with van der Waals surface area (Å²) < 4.78 is 5.29. The molecule has 1 heterocycles. The molecule has 0 aliphatic carbocycles. The number of aromatic nitrogens is 1. The van der Waals surface area contributed by atoms with Crippen LogP contribution in [0.1, 0.15) is 0 Å². The van der Waals surface area contributed by atoms with Gasteiger partial charge in [-0.15, -0.1) is 11.3 Å². The van der Waals surface area contributed by atoms with Gasteiger partial charge in [0.25, 0.3) is 0 Å². The Morgan fingerprint density at radius 3 is 3.00 bits per heavy atom. The van der Waals surface area contributed by atoms with Crippen molar-refractivity contribution in [2.45, 2.75) is 0 Å². The Morgan fingerprint density at radius 2 is 2.25 bits per heavy atom. The highest BCUT2D eigenvalue weighted by Crippen LogP contribution is 2.25. The van der Waals surface area contributed by atoms with Crippen LogP contribution in [0, 0.1) is 3.95 Å². The van der Waals surface area contributed by atoms with Gasteiger partial charge >= 0.3 is 0 Å². The molecule has 62 valence electrons. The molecule has 4 heteroatoms. The normalized spacial score (nSPS) is 10.8. The number of fused-ring (bicyclic) bond motifs is 1. The molecule has 1 aromatic carbocycles. The second-order valence-corrected chi connectivity index (χ2v) is 5.13. The fourth-order valence-corrected chi connectivity index (χ4v) is 2.91. The molecular weight excluding hydrogens is 254 g/mol. The van der Waals surface area contributed by atoms with Crippen molar-refractivity contribution in [2.75, 3.05) is 0 Å². The zero-order valence-corrected chi connectivity index (χ0v) is 9.59. The minimum atomic E-state index is 0.920. The highest BCUT2D eigenvalue weighted by molar-refractivity contribution is 9.10. The van der Waals surface area contributed by atoms with Crippen LogP contribution in [0.15, 0.2) is 22.7 Å². The number of hydrogen-bond acceptors (Lipinski definition) is 2. The van der Waals surface area contributed by atoms with Gasteiger partial charge in [0, 0.05) is 11.5 Å². The molecule has 2 rings (SSSR count). The van der Waals surface area contributed by atoms with E-state index in [2.05, 4.69) is 28.1 Å². The second-order valence-electron chi connectivity index (χ2n) is 2.54. The van der Waals surface area contributed by atoms with Crippen LogP contribution in [0.3, 0.4) is 0 Å². The first-order valence-corrected chi connectivity index (χ1v) is 5.45. The molecule has 0 bridgehead atoms. The van der Waals surface area contributed by atoms with Crippen molar-refractivity contribution in [1.29, 1.82) is 0 Å². The third kappa shape index (κ3) is 1.24. The summed E-state index contributed by atoms with van der Waals surface area (Å²) in [6, 6.07) is 6.20. The van der Waals surface area contributed by atoms with E-state index in [0.717, 1.165) is 8.43 Å². The van der Waals surface area contributed by atoms with Crippen LogP contribution in [-0.4, -0.2) is 4.57 Å². The van der Waals surface area contributed by atoms with Gasteiger partial charge in [0.05, 0.1) is 10.2 Å². The predicted octanol–water partition coefficient (Wildman–Crippen LogP) is 3.73. The van der Waals surface area contributed by atoms with Crippen molar-refractivity contribution in [2.24, 2.45) is 7.05 Å². The number of hydrogen-bond donors (Lipinski definition) is 0. The molecule has 12 heavy (non-hydrogen) atoms. The highest BCUT2D eigenvalue weighted by Gasteiger charge is 2.00. The molecule has 1 aromatic heterocycles. The fraction of sp³-hybridized carbons (Fsp3) is 0.125. The Bertz CT molecular complexity index is 483. The third-order valence-corrected chi connectivity index (χ3v) is 3.77. The first kappa shape index (κ1) is 8.41. The lowest BCUT2D eigenvalue weighted by Gasteiger charge is -1.93. The van der Waals surface area contributed by atoms with Crippen LogP contribution in [-0.2, 0) is 7.05 Å². The van der Waals surface area contributed by atoms with Crippen molar-refractivity contribution < 1.29 is 0 Å². The SMILES string of the molecule is Cn1c(=S)sc2cc(Br)ccc21. The number of thiazole rings is 1. The summed E-state index contributed by atoms with van der Waals surface area (Å²) >= 11 is 10.2. The molecule has 0 unspecified atom stereocenters. The maximum absolute atomic E-state index is 5.16. The largest absolute Gasteiger partial charge is 0.326 e. The molecule has 0 N–H and O–H groups in total. The van der Waals surface area contributed by atoms with Crippen LogP contribution >= 0.6 is 39.5 Å². The van der Waals surface area contributed by atoms with Crippen molar-refractivity contribution >= 4 is 49.7 Å². The van der Waals surface area contributed by atoms with Gasteiger partial charge in [-0.2, -0.15) is 0 Å². The lowest BCUT2D eigenvalue weighted by molar-refractivity contribution is 0.964.